The molecule has 0 spiro atoms. The molecule has 1 aromatic carbocycles. The quantitative estimate of drug-likeness (QED) is 0.742. The average Bonchev–Trinajstić information content (AvgIpc) is 2.60. The lowest BCUT2D eigenvalue weighted by atomic mass is 9.93. The Kier molecular flexibility index (Phi) is 4.22. The zero-order valence-electron chi connectivity index (χ0n) is 15.1. The minimum atomic E-state index is -3.26. The number of anilines is 1. The van der Waals surface area contributed by atoms with Gasteiger partial charge in [0.1, 0.15) is 11.2 Å². The molecular formula is C19H20N4O3S. The molecule has 27 heavy (non-hydrogen) atoms. The predicted octanol–water partition coefficient (Wildman–Crippen LogP) is 2.36. The Morgan fingerprint density at radius 1 is 1.19 bits per heavy atom. The van der Waals surface area contributed by atoms with E-state index in [0.29, 0.717) is 28.5 Å². The maximum atomic E-state index is 12.6. The molecule has 0 bridgehead atoms. The van der Waals surface area contributed by atoms with Gasteiger partial charge in [-0.25, -0.2) is 18.4 Å². The molecule has 0 aliphatic heterocycles. The summed E-state index contributed by atoms with van der Waals surface area (Å²) in [6, 6.07) is 8.64. The van der Waals surface area contributed by atoms with E-state index in [4.69, 9.17) is 0 Å². The monoisotopic (exact) mass is 384 g/mol. The summed E-state index contributed by atoms with van der Waals surface area (Å²) < 4.78 is 24.8. The Balaban J connectivity index is 1.86. The van der Waals surface area contributed by atoms with Gasteiger partial charge in [0.15, 0.2) is 9.84 Å². The van der Waals surface area contributed by atoms with E-state index in [2.05, 4.69) is 15.3 Å². The number of benzene rings is 1. The van der Waals surface area contributed by atoms with Gasteiger partial charge in [-0.15, -0.1) is 0 Å². The molecule has 1 aliphatic rings. The van der Waals surface area contributed by atoms with Crippen LogP contribution in [-0.4, -0.2) is 35.3 Å². The molecule has 0 amide bonds. The van der Waals surface area contributed by atoms with Gasteiger partial charge in [0.25, 0.3) is 5.56 Å². The molecule has 0 saturated heterocycles. The Bertz CT molecular complexity index is 1180. The van der Waals surface area contributed by atoms with Gasteiger partial charge in [0.2, 0.25) is 0 Å². The summed E-state index contributed by atoms with van der Waals surface area (Å²) in [5.74, 6) is 0.535. The van der Waals surface area contributed by atoms with Crippen LogP contribution in [0.3, 0.4) is 0 Å². The van der Waals surface area contributed by atoms with E-state index in [1.165, 1.54) is 23.6 Å². The highest BCUT2D eigenvalue weighted by molar-refractivity contribution is 7.90. The van der Waals surface area contributed by atoms with E-state index < -0.39 is 9.84 Å². The minimum Gasteiger partial charge on any atom is -0.367 e. The average molecular weight is 384 g/mol. The Morgan fingerprint density at radius 3 is 2.48 bits per heavy atom. The summed E-state index contributed by atoms with van der Waals surface area (Å²) >= 11 is 0. The molecule has 8 heteroatoms. The third-order valence-electron chi connectivity index (χ3n) is 4.93. The Labute approximate surface area is 157 Å². The van der Waals surface area contributed by atoms with Crippen LogP contribution in [0.15, 0.2) is 46.3 Å². The van der Waals surface area contributed by atoms with Gasteiger partial charge in [-0.1, -0.05) is 12.1 Å². The smallest absolute Gasteiger partial charge is 0.264 e. The van der Waals surface area contributed by atoms with Crippen molar-refractivity contribution in [2.24, 2.45) is 7.05 Å². The number of nitrogens with one attached hydrogen (secondary N) is 1. The summed E-state index contributed by atoms with van der Waals surface area (Å²) in [6.07, 6.45) is 5.94. The van der Waals surface area contributed by atoms with Crippen molar-refractivity contribution in [3.05, 3.63) is 47.0 Å². The van der Waals surface area contributed by atoms with E-state index in [0.717, 1.165) is 18.4 Å². The van der Waals surface area contributed by atoms with Crippen LogP contribution in [-0.2, 0) is 16.9 Å². The van der Waals surface area contributed by atoms with Crippen LogP contribution in [0.25, 0.3) is 22.2 Å². The van der Waals surface area contributed by atoms with Crippen LogP contribution in [0.4, 0.5) is 5.82 Å². The molecule has 0 unspecified atom stereocenters. The van der Waals surface area contributed by atoms with Gasteiger partial charge in [-0.05, 0) is 37.5 Å². The highest BCUT2D eigenvalue weighted by Crippen LogP contribution is 2.29. The van der Waals surface area contributed by atoms with E-state index in [1.807, 2.05) is 0 Å². The van der Waals surface area contributed by atoms with Gasteiger partial charge in [-0.2, -0.15) is 0 Å². The summed E-state index contributed by atoms with van der Waals surface area (Å²) in [4.78, 5) is 21.9. The molecule has 0 atom stereocenters. The summed E-state index contributed by atoms with van der Waals surface area (Å²) in [7, 11) is -1.59. The van der Waals surface area contributed by atoms with Crippen molar-refractivity contribution in [3.63, 3.8) is 0 Å². The summed E-state index contributed by atoms with van der Waals surface area (Å²) in [6.45, 7) is 0. The van der Waals surface area contributed by atoms with Gasteiger partial charge < -0.3 is 9.88 Å². The number of rotatable bonds is 4. The molecule has 4 rings (SSSR count). The number of sulfone groups is 1. The van der Waals surface area contributed by atoms with Crippen molar-refractivity contribution >= 4 is 26.6 Å². The zero-order valence-corrected chi connectivity index (χ0v) is 16.0. The largest absolute Gasteiger partial charge is 0.367 e. The van der Waals surface area contributed by atoms with Crippen LogP contribution >= 0.6 is 0 Å². The molecule has 0 radical (unpaired) electrons. The third kappa shape index (κ3) is 3.32. The number of aryl methyl sites for hydroxylation is 1. The Hall–Kier alpha value is -2.74. The van der Waals surface area contributed by atoms with E-state index >= 15 is 0 Å². The van der Waals surface area contributed by atoms with Crippen molar-refractivity contribution in [1.29, 1.82) is 0 Å². The number of hydrogen-bond donors (Lipinski definition) is 1. The molecule has 140 valence electrons. The highest BCUT2D eigenvalue weighted by Gasteiger charge is 2.21. The van der Waals surface area contributed by atoms with Gasteiger partial charge >= 0.3 is 0 Å². The van der Waals surface area contributed by atoms with Crippen LogP contribution in [0.5, 0.6) is 0 Å². The summed E-state index contributed by atoms with van der Waals surface area (Å²) in [5.41, 5.74) is 1.83. The number of fused-ring (bicyclic) bond motifs is 1. The zero-order chi connectivity index (χ0) is 19.2. The van der Waals surface area contributed by atoms with Crippen molar-refractivity contribution in [2.45, 2.75) is 30.2 Å². The van der Waals surface area contributed by atoms with Crippen LogP contribution in [0.1, 0.15) is 19.3 Å². The molecule has 1 saturated carbocycles. The molecule has 1 fully saturated rings. The minimum absolute atomic E-state index is 0.145. The molecule has 3 aromatic rings. The van der Waals surface area contributed by atoms with Crippen molar-refractivity contribution < 1.29 is 8.42 Å². The summed E-state index contributed by atoms with van der Waals surface area (Å²) in [5, 5.41) is 3.85. The lowest BCUT2D eigenvalue weighted by molar-refractivity contribution is 0.445. The lowest BCUT2D eigenvalue weighted by Crippen LogP contribution is -2.29. The molecule has 1 aliphatic carbocycles. The fraction of sp³-hybridized carbons (Fsp3) is 0.316. The molecule has 7 nitrogen and oxygen atoms in total. The van der Waals surface area contributed by atoms with Crippen molar-refractivity contribution in [2.75, 3.05) is 11.6 Å². The third-order valence-corrected chi connectivity index (χ3v) is 6.06. The first-order valence-corrected chi connectivity index (χ1v) is 10.7. The van der Waals surface area contributed by atoms with Crippen LogP contribution in [0.2, 0.25) is 0 Å². The predicted molar refractivity (Wildman–Crippen MR) is 105 cm³/mol. The van der Waals surface area contributed by atoms with E-state index in [-0.39, 0.29) is 10.5 Å². The second-order valence-electron chi connectivity index (χ2n) is 6.98. The standard InChI is InChI=1S/C19H20N4O3S/c1-23-11-20-16-10-15(12-6-8-14(9-7-12)27(2,25)26)22-18(17(16)19(23)24)21-13-4-3-5-13/h6-11,13H,3-5H2,1-2H3,(H,21,22). The van der Waals surface area contributed by atoms with Gasteiger partial charge in [0, 0.05) is 24.9 Å². The first-order chi connectivity index (χ1) is 12.8. The second kappa shape index (κ2) is 6.45. The van der Waals surface area contributed by atoms with Gasteiger partial charge in [-0.3, -0.25) is 4.79 Å². The van der Waals surface area contributed by atoms with Crippen molar-refractivity contribution in [1.82, 2.24) is 14.5 Å². The van der Waals surface area contributed by atoms with Crippen molar-refractivity contribution in [3.8, 4) is 11.3 Å². The van der Waals surface area contributed by atoms with Crippen LogP contribution < -0.4 is 10.9 Å². The first-order valence-electron chi connectivity index (χ1n) is 8.76. The number of pyridine rings is 1. The topological polar surface area (TPSA) is 93.9 Å². The number of aromatic nitrogens is 3. The first kappa shape index (κ1) is 17.7. The van der Waals surface area contributed by atoms with E-state index in [1.54, 1.807) is 37.4 Å². The highest BCUT2D eigenvalue weighted by atomic mass is 32.2. The second-order valence-corrected chi connectivity index (χ2v) is 9.00. The number of nitrogens with zero attached hydrogens (tertiary/aromatic N) is 3. The van der Waals surface area contributed by atoms with Crippen LogP contribution in [0, 0.1) is 0 Å². The maximum Gasteiger partial charge on any atom is 0.264 e. The fourth-order valence-corrected chi connectivity index (χ4v) is 3.72. The molecule has 2 aromatic heterocycles. The molecule has 2 heterocycles. The van der Waals surface area contributed by atoms with E-state index in [9.17, 15) is 13.2 Å². The normalized spacial score (nSPS) is 14.9. The fourth-order valence-electron chi connectivity index (χ4n) is 3.09. The van der Waals surface area contributed by atoms with Gasteiger partial charge in [0.05, 0.1) is 22.4 Å². The Morgan fingerprint density at radius 2 is 1.89 bits per heavy atom. The maximum absolute atomic E-state index is 12.6. The lowest BCUT2D eigenvalue weighted by Gasteiger charge is -2.27. The molecular weight excluding hydrogens is 364 g/mol. The SMILES string of the molecule is Cn1cnc2cc(-c3ccc(S(C)(=O)=O)cc3)nc(NC3CCC3)c2c1=O. The molecule has 1 N–H and O–H groups in total. The number of hydrogen-bond acceptors (Lipinski definition) is 6.